The van der Waals surface area contributed by atoms with Gasteiger partial charge in [-0.05, 0) is 59.4 Å². The summed E-state index contributed by atoms with van der Waals surface area (Å²) in [5.41, 5.74) is 5.86. The average molecular weight is 404 g/mol. The lowest BCUT2D eigenvalue weighted by Gasteiger charge is -2.09. The minimum absolute atomic E-state index is 0.182. The molecule has 0 amide bonds. The second-order valence-corrected chi connectivity index (χ2v) is 7.05. The fourth-order valence-corrected chi connectivity index (χ4v) is 3.19. The fraction of sp³-hybridized carbons (Fsp3) is 0.222. The molecule has 2 nitrogen and oxygen atoms in total. The number of unbranched alkanes of at least 4 members (excludes halogenated alkanes) is 2. The highest BCUT2D eigenvalue weighted by molar-refractivity contribution is 5.72. The third-order valence-electron chi connectivity index (χ3n) is 4.91. The minimum Gasteiger partial charge on any atom is -0.388 e. The van der Waals surface area contributed by atoms with E-state index in [0.29, 0.717) is 11.8 Å². The number of anilines is 1. The molecule has 3 rings (SSSR count). The number of hydrogen-bond acceptors (Lipinski definition) is 2. The highest BCUT2D eigenvalue weighted by Crippen LogP contribution is 2.29. The van der Waals surface area contributed by atoms with Crippen molar-refractivity contribution >= 4 is 12.0 Å². The lowest BCUT2D eigenvalue weighted by molar-refractivity contribution is -0.104. The third-order valence-corrected chi connectivity index (χ3v) is 4.91. The van der Waals surface area contributed by atoms with Crippen LogP contribution in [0.5, 0.6) is 0 Å². The van der Waals surface area contributed by atoms with Crippen molar-refractivity contribution in [3.63, 3.8) is 0 Å². The van der Waals surface area contributed by atoms with Crippen LogP contribution >= 0.6 is 0 Å². The zero-order valence-corrected chi connectivity index (χ0v) is 17.8. The van der Waals surface area contributed by atoms with Crippen LogP contribution < -0.4 is 5.32 Å². The first-order chi connectivity index (χ1) is 14.6. The van der Waals surface area contributed by atoms with Gasteiger partial charge in [0.2, 0.25) is 0 Å². The van der Waals surface area contributed by atoms with Gasteiger partial charge in [-0.1, -0.05) is 74.9 Å². The second-order valence-electron chi connectivity index (χ2n) is 7.05. The summed E-state index contributed by atoms with van der Waals surface area (Å²) in [6, 6.07) is 21.8. The summed E-state index contributed by atoms with van der Waals surface area (Å²) in [6.45, 7) is 5.32. The smallest absolute Gasteiger partial charge is 0.142 e. The van der Waals surface area contributed by atoms with Crippen LogP contribution in [0.25, 0.3) is 22.3 Å². The Balaban J connectivity index is 0.000000735. The van der Waals surface area contributed by atoms with Crippen molar-refractivity contribution in [3.8, 4) is 22.3 Å². The SMILES string of the molecule is C=CC=O.CCCCCc1ccc(-c2ccc(-c3ccc(NC)cc3)cc2F)cc1. The molecule has 0 saturated carbocycles. The third kappa shape index (κ3) is 6.70. The van der Waals surface area contributed by atoms with Crippen molar-refractivity contribution in [2.24, 2.45) is 0 Å². The first kappa shape index (κ1) is 23.1. The van der Waals surface area contributed by atoms with Gasteiger partial charge in [-0.25, -0.2) is 4.39 Å². The van der Waals surface area contributed by atoms with Crippen LogP contribution in [0.4, 0.5) is 10.1 Å². The van der Waals surface area contributed by atoms with Crippen LogP contribution in [0.2, 0.25) is 0 Å². The van der Waals surface area contributed by atoms with Crippen LogP contribution in [0.3, 0.4) is 0 Å². The molecule has 0 aliphatic rings. The Morgan fingerprint density at radius 1 is 0.900 bits per heavy atom. The fourth-order valence-electron chi connectivity index (χ4n) is 3.19. The van der Waals surface area contributed by atoms with E-state index in [9.17, 15) is 4.39 Å². The summed E-state index contributed by atoms with van der Waals surface area (Å²) in [4.78, 5) is 9.06. The largest absolute Gasteiger partial charge is 0.388 e. The summed E-state index contributed by atoms with van der Waals surface area (Å²) >= 11 is 0. The molecule has 0 radical (unpaired) electrons. The molecule has 156 valence electrons. The van der Waals surface area contributed by atoms with Gasteiger partial charge in [0, 0.05) is 18.3 Å². The Hall–Kier alpha value is -3.20. The quantitative estimate of drug-likeness (QED) is 0.243. The van der Waals surface area contributed by atoms with Crippen LogP contribution in [0, 0.1) is 5.82 Å². The second kappa shape index (κ2) is 12.4. The molecule has 3 aromatic carbocycles. The van der Waals surface area contributed by atoms with Gasteiger partial charge >= 0.3 is 0 Å². The molecule has 0 fully saturated rings. The number of hydrogen-bond donors (Lipinski definition) is 1. The Morgan fingerprint density at radius 3 is 2.03 bits per heavy atom. The van der Waals surface area contributed by atoms with Crippen LogP contribution in [-0.4, -0.2) is 13.3 Å². The summed E-state index contributed by atoms with van der Waals surface area (Å²) in [6.07, 6.45) is 6.63. The summed E-state index contributed by atoms with van der Waals surface area (Å²) < 4.78 is 14.7. The Bertz CT molecular complexity index is 924. The first-order valence-corrected chi connectivity index (χ1v) is 10.4. The lowest BCUT2D eigenvalue weighted by Crippen LogP contribution is -1.90. The van der Waals surface area contributed by atoms with E-state index < -0.39 is 0 Å². The van der Waals surface area contributed by atoms with Crippen molar-refractivity contribution < 1.29 is 9.18 Å². The molecule has 0 bridgehead atoms. The van der Waals surface area contributed by atoms with Gasteiger partial charge in [0.25, 0.3) is 0 Å². The maximum absolute atomic E-state index is 14.7. The van der Waals surface area contributed by atoms with Crippen LogP contribution in [0.1, 0.15) is 31.7 Å². The number of allylic oxidation sites excluding steroid dienone is 1. The van der Waals surface area contributed by atoms with E-state index in [1.54, 1.807) is 6.07 Å². The van der Waals surface area contributed by atoms with E-state index in [-0.39, 0.29) is 5.82 Å². The molecule has 30 heavy (non-hydrogen) atoms. The highest BCUT2D eigenvalue weighted by Gasteiger charge is 2.08. The van der Waals surface area contributed by atoms with Crippen molar-refractivity contribution in [2.75, 3.05) is 12.4 Å². The minimum atomic E-state index is -0.182. The molecule has 0 saturated heterocycles. The molecular weight excluding hydrogens is 373 g/mol. The lowest BCUT2D eigenvalue weighted by atomic mass is 9.98. The van der Waals surface area contributed by atoms with Gasteiger partial charge in [0.1, 0.15) is 12.1 Å². The zero-order valence-electron chi connectivity index (χ0n) is 17.8. The first-order valence-electron chi connectivity index (χ1n) is 10.4. The zero-order chi connectivity index (χ0) is 21.8. The number of aldehydes is 1. The number of carbonyl (C=O) groups excluding carboxylic acids is 1. The van der Waals surface area contributed by atoms with Gasteiger partial charge in [0.05, 0.1) is 0 Å². The summed E-state index contributed by atoms with van der Waals surface area (Å²) in [5.74, 6) is -0.182. The van der Waals surface area contributed by atoms with E-state index in [1.165, 1.54) is 30.9 Å². The van der Waals surface area contributed by atoms with E-state index in [2.05, 4.69) is 31.0 Å². The molecule has 0 heterocycles. The topological polar surface area (TPSA) is 29.1 Å². The standard InChI is InChI=1S/C24H26FN.C3H4O/c1-3-4-5-6-18-7-9-20(10-8-18)23-16-13-21(17-24(23)25)19-11-14-22(26-2)15-12-19;1-2-3-4/h7-17,26H,3-6H2,1-2H3;2-3H,1H2. The van der Waals surface area contributed by atoms with E-state index in [4.69, 9.17) is 4.79 Å². The van der Waals surface area contributed by atoms with Gasteiger partial charge in [0.15, 0.2) is 0 Å². The molecule has 1 N–H and O–H groups in total. The predicted molar refractivity (Wildman–Crippen MR) is 126 cm³/mol. The van der Waals surface area contributed by atoms with Crippen LogP contribution in [0.15, 0.2) is 79.4 Å². The molecule has 3 heteroatoms. The number of benzene rings is 3. The molecule has 0 aliphatic carbocycles. The van der Waals surface area contributed by atoms with E-state index in [1.807, 2.05) is 55.6 Å². The van der Waals surface area contributed by atoms with Crippen molar-refractivity contribution in [1.29, 1.82) is 0 Å². The number of carbonyl (C=O) groups is 1. The van der Waals surface area contributed by atoms with E-state index >= 15 is 0 Å². The van der Waals surface area contributed by atoms with Crippen molar-refractivity contribution in [3.05, 3.63) is 90.8 Å². The monoisotopic (exact) mass is 403 g/mol. The number of rotatable bonds is 8. The maximum atomic E-state index is 14.7. The van der Waals surface area contributed by atoms with Crippen LogP contribution in [-0.2, 0) is 11.2 Å². The van der Waals surface area contributed by atoms with Gasteiger partial charge < -0.3 is 5.32 Å². The summed E-state index contributed by atoms with van der Waals surface area (Å²) in [7, 11) is 1.89. The maximum Gasteiger partial charge on any atom is 0.142 e. The van der Waals surface area contributed by atoms with Gasteiger partial charge in [-0.2, -0.15) is 0 Å². The molecule has 0 unspecified atom stereocenters. The Morgan fingerprint density at radius 2 is 1.50 bits per heavy atom. The van der Waals surface area contributed by atoms with E-state index in [0.717, 1.165) is 28.8 Å². The Kier molecular flexibility index (Phi) is 9.53. The normalized spacial score (nSPS) is 9.97. The Labute approximate surface area is 179 Å². The molecule has 3 aromatic rings. The molecule has 0 atom stereocenters. The molecule has 0 aliphatic heterocycles. The number of halogens is 1. The van der Waals surface area contributed by atoms with Crippen molar-refractivity contribution in [1.82, 2.24) is 0 Å². The molecule has 0 aromatic heterocycles. The number of nitrogens with one attached hydrogen (secondary N) is 1. The average Bonchev–Trinajstić information content (AvgIpc) is 2.80. The van der Waals surface area contributed by atoms with Gasteiger partial charge in [-0.3, -0.25) is 4.79 Å². The van der Waals surface area contributed by atoms with Crippen molar-refractivity contribution in [2.45, 2.75) is 32.6 Å². The molecular formula is C27H30FNO. The predicted octanol–water partition coefficient (Wildman–Crippen LogP) is 7.31. The van der Waals surface area contributed by atoms with Gasteiger partial charge in [-0.15, -0.1) is 0 Å². The highest BCUT2D eigenvalue weighted by atomic mass is 19.1. The molecule has 0 spiro atoms. The number of aryl methyl sites for hydroxylation is 1. The summed E-state index contributed by atoms with van der Waals surface area (Å²) in [5, 5.41) is 3.09.